The molecule has 20 heavy (non-hydrogen) atoms. The van der Waals surface area contributed by atoms with Gasteiger partial charge in [-0.2, -0.15) is 13.2 Å². The number of pyridine rings is 1. The molecule has 0 aliphatic rings. The highest BCUT2D eigenvalue weighted by molar-refractivity contribution is 14.1. The van der Waals surface area contributed by atoms with Gasteiger partial charge in [-0.05, 0) is 22.6 Å². The van der Waals surface area contributed by atoms with Gasteiger partial charge in [0.1, 0.15) is 5.69 Å². The molecule has 0 unspecified atom stereocenters. The van der Waals surface area contributed by atoms with Crippen molar-refractivity contribution in [3.63, 3.8) is 0 Å². The van der Waals surface area contributed by atoms with Crippen molar-refractivity contribution in [3.8, 4) is 5.75 Å². The van der Waals surface area contributed by atoms with Gasteiger partial charge in [0.05, 0.1) is 16.2 Å². The molecule has 112 valence electrons. The second kappa shape index (κ2) is 5.61. The molecule has 1 rings (SSSR count). The first kappa shape index (κ1) is 16.8. The van der Waals surface area contributed by atoms with E-state index in [1.54, 1.807) is 0 Å². The molecule has 1 heterocycles. The van der Waals surface area contributed by atoms with E-state index in [9.17, 15) is 31.1 Å². The Morgan fingerprint density at radius 2 is 1.85 bits per heavy atom. The molecule has 0 radical (unpaired) electrons. The summed E-state index contributed by atoms with van der Waals surface area (Å²) in [4.78, 5) is 13.4. The fraction of sp³-hybridized carbons (Fsp3) is 0.333. The van der Waals surface area contributed by atoms with E-state index in [0.717, 1.165) is 22.6 Å². The Bertz CT molecular complexity index is 528. The van der Waals surface area contributed by atoms with E-state index < -0.39 is 45.5 Å². The highest BCUT2D eigenvalue weighted by Crippen LogP contribution is 2.37. The Labute approximate surface area is 120 Å². The molecule has 0 amide bonds. The van der Waals surface area contributed by atoms with E-state index >= 15 is 0 Å². The van der Waals surface area contributed by atoms with Gasteiger partial charge in [0.2, 0.25) is 0 Å². The van der Waals surface area contributed by atoms with Gasteiger partial charge >= 0.3 is 18.5 Å². The van der Waals surface area contributed by atoms with Crippen LogP contribution in [0.1, 0.15) is 11.3 Å². The maximum Gasteiger partial charge on any atom is 0.573 e. The van der Waals surface area contributed by atoms with Crippen LogP contribution in [0.4, 0.5) is 26.3 Å². The van der Waals surface area contributed by atoms with Gasteiger partial charge in [0.25, 0.3) is 0 Å². The number of ether oxygens (including phenoxy) is 1. The van der Waals surface area contributed by atoms with E-state index in [2.05, 4.69) is 9.72 Å². The maximum atomic E-state index is 12.6. The van der Waals surface area contributed by atoms with Crippen molar-refractivity contribution in [2.75, 3.05) is 0 Å². The Morgan fingerprint density at radius 1 is 1.30 bits per heavy atom. The SMILES string of the molecule is O=C(O)Cc1c(C(F)(F)F)ncc(OC(F)(F)F)c1I. The normalized spacial score (nSPS) is 12.3. The summed E-state index contributed by atoms with van der Waals surface area (Å²) in [6, 6.07) is 0. The number of alkyl halides is 6. The van der Waals surface area contributed by atoms with Crippen molar-refractivity contribution in [2.24, 2.45) is 0 Å². The van der Waals surface area contributed by atoms with E-state index in [4.69, 9.17) is 5.11 Å². The average molecular weight is 415 g/mol. The van der Waals surface area contributed by atoms with E-state index in [0.29, 0.717) is 0 Å². The number of aliphatic carboxylic acids is 1. The molecular formula is C9H4F6INO3. The predicted octanol–water partition coefficient (Wildman–Crippen LogP) is 3.23. The zero-order valence-corrected chi connectivity index (χ0v) is 11.3. The minimum absolute atomic E-state index is 0.253. The van der Waals surface area contributed by atoms with Crippen molar-refractivity contribution < 1.29 is 41.0 Å². The van der Waals surface area contributed by atoms with Crippen molar-refractivity contribution in [1.82, 2.24) is 4.98 Å². The standard InChI is InChI=1S/C9H4F6INO3/c10-8(11,12)7-3(1-5(18)19)6(16)4(2-17-7)20-9(13,14)15/h2H,1H2,(H,18,19). The van der Waals surface area contributed by atoms with Gasteiger partial charge in [0.15, 0.2) is 5.75 Å². The van der Waals surface area contributed by atoms with Crippen molar-refractivity contribution in [2.45, 2.75) is 19.0 Å². The summed E-state index contributed by atoms with van der Waals surface area (Å²) in [5.74, 6) is -2.62. The molecule has 1 N–H and O–H groups in total. The lowest BCUT2D eigenvalue weighted by Gasteiger charge is -2.16. The molecular weight excluding hydrogens is 411 g/mol. The summed E-state index contributed by atoms with van der Waals surface area (Å²) < 4.78 is 76.9. The second-order valence-electron chi connectivity index (χ2n) is 3.38. The summed E-state index contributed by atoms with van der Waals surface area (Å²) in [6.45, 7) is 0. The lowest BCUT2D eigenvalue weighted by atomic mass is 10.1. The first-order chi connectivity index (χ1) is 8.92. The lowest BCUT2D eigenvalue weighted by molar-refractivity contribution is -0.275. The van der Waals surface area contributed by atoms with Crippen LogP contribution >= 0.6 is 22.6 Å². The topological polar surface area (TPSA) is 59.4 Å². The maximum absolute atomic E-state index is 12.6. The van der Waals surface area contributed by atoms with Crippen LogP contribution in [-0.4, -0.2) is 22.4 Å². The molecule has 0 atom stereocenters. The average Bonchev–Trinajstić information content (AvgIpc) is 2.19. The Morgan fingerprint density at radius 3 is 2.25 bits per heavy atom. The molecule has 1 aromatic heterocycles. The van der Waals surface area contributed by atoms with Gasteiger partial charge in [0, 0.05) is 5.56 Å². The number of carboxylic acids is 1. The van der Waals surface area contributed by atoms with Gasteiger partial charge in [-0.1, -0.05) is 0 Å². The third-order valence-corrected chi connectivity index (χ3v) is 3.08. The quantitative estimate of drug-likeness (QED) is 0.609. The van der Waals surface area contributed by atoms with Crippen LogP contribution in [-0.2, 0) is 17.4 Å². The molecule has 0 aliphatic heterocycles. The van der Waals surface area contributed by atoms with Crippen LogP contribution < -0.4 is 4.74 Å². The van der Waals surface area contributed by atoms with Crippen molar-refractivity contribution in [1.29, 1.82) is 0 Å². The third-order valence-electron chi connectivity index (χ3n) is 1.90. The number of hydrogen-bond donors (Lipinski definition) is 1. The fourth-order valence-corrected chi connectivity index (χ4v) is 1.96. The number of carboxylic acid groups (broad SMARTS) is 1. The number of carbonyl (C=O) groups is 1. The van der Waals surface area contributed by atoms with Crippen LogP contribution in [0, 0.1) is 3.57 Å². The number of hydrogen-bond acceptors (Lipinski definition) is 3. The molecule has 0 saturated heterocycles. The number of halogens is 7. The van der Waals surface area contributed by atoms with Crippen molar-refractivity contribution in [3.05, 3.63) is 21.0 Å². The van der Waals surface area contributed by atoms with Gasteiger partial charge in [-0.15, -0.1) is 13.2 Å². The van der Waals surface area contributed by atoms with Crippen LogP contribution in [0.5, 0.6) is 5.75 Å². The third kappa shape index (κ3) is 4.38. The highest BCUT2D eigenvalue weighted by atomic mass is 127. The molecule has 1 aromatic rings. The zero-order chi connectivity index (χ0) is 15.7. The number of aromatic nitrogens is 1. The van der Waals surface area contributed by atoms with Crippen LogP contribution in [0.3, 0.4) is 0 Å². The van der Waals surface area contributed by atoms with Gasteiger partial charge in [-0.25, -0.2) is 4.98 Å². The monoisotopic (exact) mass is 415 g/mol. The summed E-state index contributed by atoms with van der Waals surface area (Å²) in [6.07, 6.45) is -11.0. The second-order valence-corrected chi connectivity index (χ2v) is 4.46. The molecule has 0 spiro atoms. The number of rotatable bonds is 3. The fourth-order valence-electron chi connectivity index (χ4n) is 1.26. The number of nitrogens with zero attached hydrogens (tertiary/aromatic N) is 1. The smallest absolute Gasteiger partial charge is 0.481 e. The Kier molecular flexibility index (Phi) is 4.71. The van der Waals surface area contributed by atoms with Crippen LogP contribution in [0.15, 0.2) is 6.20 Å². The Balaban J connectivity index is 3.39. The molecule has 0 aliphatic carbocycles. The van der Waals surface area contributed by atoms with Crippen molar-refractivity contribution >= 4 is 28.6 Å². The van der Waals surface area contributed by atoms with E-state index in [-0.39, 0.29) is 6.20 Å². The minimum atomic E-state index is -5.12. The van der Waals surface area contributed by atoms with Crippen LogP contribution in [0.2, 0.25) is 0 Å². The van der Waals surface area contributed by atoms with Crippen LogP contribution in [0.25, 0.3) is 0 Å². The van der Waals surface area contributed by atoms with Gasteiger partial charge < -0.3 is 9.84 Å². The summed E-state index contributed by atoms with van der Waals surface area (Å²) >= 11 is 1.15. The molecule has 11 heteroatoms. The first-order valence-electron chi connectivity index (χ1n) is 4.64. The molecule has 0 bridgehead atoms. The lowest BCUT2D eigenvalue weighted by Crippen LogP contribution is -2.21. The highest BCUT2D eigenvalue weighted by Gasteiger charge is 2.39. The first-order valence-corrected chi connectivity index (χ1v) is 5.72. The Hall–Kier alpha value is -1.27. The van der Waals surface area contributed by atoms with E-state index in [1.165, 1.54) is 0 Å². The minimum Gasteiger partial charge on any atom is -0.481 e. The zero-order valence-electron chi connectivity index (χ0n) is 9.14. The van der Waals surface area contributed by atoms with E-state index in [1.807, 2.05) is 0 Å². The predicted molar refractivity (Wildman–Crippen MR) is 60.0 cm³/mol. The largest absolute Gasteiger partial charge is 0.573 e. The molecule has 4 nitrogen and oxygen atoms in total. The molecule has 0 aromatic carbocycles. The summed E-state index contributed by atoms with van der Waals surface area (Å²) in [7, 11) is 0. The molecule has 0 saturated carbocycles. The summed E-state index contributed by atoms with van der Waals surface area (Å²) in [5, 5.41) is 8.54. The molecule has 0 fully saturated rings. The summed E-state index contributed by atoms with van der Waals surface area (Å²) in [5.41, 5.74) is -2.44. The van der Waals surface area contributed by atoms with Gasteiger partial charge in [-0.3, -0.25) is 4.79 Å².